The Bertz CT molecular complexity index is 236. The van der Waals surface area contributed by atoms with Crippen molar-refractivity contribution < 1.29 is 4.79 Å². The van der Waals surface area contributed by atoms with Crippen molar-refractivity contribution in [3.8, 4) is 0 Å². The summed E-state index contributed by atoms with van der Waals surface area (Å²) in [5.74, 6) is 0.612. The monoisotopic (exact) mass is 212 g/mol. The number of rotatable bonds is 3. The Hall–Kier alpha value is -0.570. The van der Waals surface area contributed by atoms with Gasteiger partial charge in [0.2, 0.25) is 5.91 Å². The van der Waals surface area contributed by atoms with Gasteiger partial charge in [-0.25, -0.2) is 0 Å². The minimum absolute atomic E-state index is 0.00564. The van der Waals surface area contributed by atoms with Gasteiger partial charge in [0.1, 0.15) is 0 Å². The van der Waals surface area contributed by atoms with Crippen molar-refractivity contribution >= 4 is 5.91 Å². The SMILES string of the molecule is CC(C)C[C@@H](N)C(=O)N1CCCC1(C)C. The molecule has 1 atom stereocenters. The van der Waals surface area contributed by atoms with Crippen LogP contribution in [-0.4, -0.2) is 28.9 Å². The Morgan fingerprint density at radius 1 is 1.47 bits per heavy atom. The van der Waals surface area contributed by atoms with E-state index in [1.165, 1.54) is 0 Å². The number of carbonyl (C=O) groups is 1. The van der Waals surface area contributed by atoms with Crippen LogP contribution in [0.15, 0.2) is 0 Å². The second-order valence-corrected chi connectivity index (χ2v) is 5.64. The minimum Gasteiger partial charge on any atom is -0.336 e. The maximum atomic E-state index is 12.1. The topological polar surface area (TPSA) is 46.3 Å². The highest BCUT2D eigenvalue weighted by molar-refractivity contribution is 5.82. The second kappa shape index (κ2) is 4.52. The summed E-state index contributed by atoms with van der Waals surface area (Å²) in [5, 5.41) is 0. The lowest BCUT2D eigenvalue weighted by Gasteiger charge is -2.33. The Labute approximate surface area is 93.0 Å². The lowest BCUT2D eigenvalue weighted by molar-refractivity contribution is -0.136. The fourth-order valence-corrected chi connectivity index (χ4v) is 2.32. The number of likely N-dealkylation sites (tertiary alicyclic amines) is 1. The highest BCUT2D eigenvalue weighted by Crippen LogP contribution is 2.28. The zero-order chi connectivity index (χ0) is 11.6. The summed E-state index contributed by atoms with van der Waals surface area (Å²) in [6.45, 7) is 9.32. The van der Waals surface area contributed by atoms with E-state index in [1.54, 1.807) is 0 Å². The number of hydrogen-bond donors (Lipinski definition) is 1. The molecule has 3 nitrogen and oxygen atoms in total. The molecule has 0 saturated carbocycles. The molecule has 2 N–H and O–H groups in total. The molecular formula is C12H24N2O. The van der Waals surface area contributed by atoms with Crippen molar-refractivity contribution in [3.05, 3.63) is 0 Å². The van der Waals surface area contributed by atoms with Crippen LogP contribution in [0.25, 0.3) is 0 Å². The molecular weight excluding hydrogens is 188 g/mol. The molecule has 1 heterocycles. The van der Waals surface area contributed by atoms with Gasteiger partial charge < -0.3 is 10.6 Å². The number of nitrogens with two attached hydrogens (primary N) is 1. The Kier molecular flexibility index (Phi) is 3.77. The normalized spacial score (nSPS) is 22.1. The van der Waals surface area contributed by atoms with Crippen molar-refractivity contribution in [3.63, 3.8) is 0 Å². The average molecular weight is 212 g/mol. The third-order valence-electron chi connectivity index (χ3n) is 3.21. The van der Waals surface area contributed by atoms with Crippen LogP contribution in [-0.2, 0) is 4.79 Å². The quantitative estimate of drug-likeness (QED) is 0.775. The van der Waals surface area contributed by atoms with E-state index in [1.807, 2.05) is 4.90 Å². The van der Waals surface area contributed by atoms with E-state index in [0.717, 1.165) is 25.8 Å². The molecule has 88 valence electrons. The molecule has 3 heteroatoms. The molecule has 0 aliphatic carbocycles. The van der Waals surface area contributed by atoms with Gasteiger partial charge in [0.05, 0.1) is 6.04 Å². The van der Waals surface area contributed by atoms with Gasteiger partial charge in [-0.05, 0) is 39.0 Å². The van der Waals surface area contributed by atoms with Crippen LogP contribution >= 0.6 is 0 Å². The molecule has 1 rings (SSSR count). The number of amides is 1. The van der Waals surface area contributed by atoms with Crippen LogP contribution in [0.1, 0.15) is 47.0 Å². The van der Waals surface area contributed by atoms with Crippen LogP contribution in [0.2, 0.25) is 0 Å². The van der Waals surface area contributed by atoms with Crippen molar-refractivity contribution in [1.29, 1.82) is 0 Å². The summed E-state index contributed by atoms with van der Waals surface area (Å²) in [6, 6.07) is -0.317. The Morgan fingerprint density at radius 3 is 2.47 bits per heavy atom. The standard InChI is InChI=1S/C12H24N2O/c1-9(2)8-10(13)11(15)14-7-5-6-12(14,3)4/h9-10H,5-8,13H2,1-4H3/t10-/m1/s1. The van der Waals surface area contributed by atoms with Gasteiger partial charge in [0.15, 0.2) is 0 Å². The predicted octanol–water partition coefficient (Wildman–Crippen LogP) is 1.76. The third-order valence-corrected chi connectivity index (χ3v) is 3.21. The van der Waals surface area contributed by atoms with E-state index in [9.17, 15) is 4.79 Å². The van der Waals surface area contributed by atoms with Crippen molar-refractivity contribution in [2.45, 2.75) is 58.5 Å². The maximum Gasteiger partial charge on any atom is 0.239 e. The smallest absolute Gasteiger partial charge is 0.239 e. The fraction of sp³-hybridized carbons (Fsp3) is 0.917. The van der Waals surface area contributed by atoms with Gasteiger partial charge in [0.25, 0.3) is 0 Å². The molecule has 0 aromatic carbocycles. The molecule has 0 radical (unpaired) electrons. The summed E-state index contributed by atoms with van der Waals surface area (Å²) in [6.07, 6.45) is 2.98. The Balaban J connectivity index is 2.60. The molecule has 15 heavy (non-hydrogen) atoms. The summed E-state index contributed by atoms with van der Waals surface area (Å²) < 4.78 is 0. The van der Waals surface area contributed by atoms with Crippen LogP contribution in [0.3, 0.4) is 0 Å². The van der Waals surface area contributed by atoms with Gasteiger partial charge >= 0.3 is 0 Å². The molecule has 0 aromatic rings. The maximum absolute atomic E-state index is 12.1. The molecule has 1 aliphatic rings. The van der Waals surface area contributed by atoms with E-state index in [4.69, 9.17) is 5.73 Å². The Morgan fingerprint density at radius 2 is 2.07 bits per heavy atom. The summed E-state index contributed by atoms with van der Waals surface area (Å²) in [7, 11) is 0. The molecule has 0 unspecified atom stereocenters. The van der Waals surface area contributed by atoms with Gasteiger partial charge in [-0.2, -0.15) is 0 Å². The first-order valence-corrected chi connectivity index (χ1v) is 5.91. The molecule has 1 fully saturated rings. The van der Waals surface area contributed by atoms with E-state index in [-0.39, 0.29) is 17.5 Å². The predicted molar refractivity (Wildman–Crippen MR) is 62.5 cm³/mol. The van der Waals surface area contributed by atoms with Gasteiger partial charge in [-0.15, -0.1) is 0 Å². The fourth-order valence-electron chi connectivity index (χ4n) is 2.32. The zero-order valence-corrected chi connectivity index (χ0v) is 10.4. The molecule has 0 aromatic heterocycles. The second-order valence-electron chi connectivity index (χ2n) is 5.64. The number of hydrogen-bond acceptors (Lipinski definition) is 2. The third kappa shape index (κ3) is 2.94. The highest BCUT2D eigenvalue weighted by atomic mass is 16.2. The number of nitrogens with zero attached hydrogens (tertiary/aromatic N) is 1. The summed E-state index contributed by atoms with van der Waals surface area (Å²) >= 11 is 0. The van der Waals surface area contributed by atoms with Gasteiger partial charge in [-0.1, -0.05) is 13.8 Å². The van der Waals surface area contributed by atoms with E-state index in [2.05, 4.69) is 27.7 Å². The first kappa shape index (κ1) is 12.5. The van der Waals surface area contributed by atoms with Gasteiger partial charge in [-0.3, -0.25) is 4.79 Å². The molecule has 0 spiro atoms. The molecule has 1 aliphatic heterocycles. The van der Waals surface area contributed by atoms with Crippen molar-refractivity contribution in [2.24, 2.45) is 11.7 Å². The largest absolute Gasteiger partial charge is 0.336 e. The van der Waals surface area contributed by atoms with Gasteiger partial charge in [0, 0.05) is 12.1 Å². The van der Waals surface area contributed by atoms with E-state index in [0.29, 0.717) is 5.92 Å². The molecule has 0 bridgehead atoms. The van der Waals surface area contributed by atoms with E-state index >= 15 is 0 Å². The van der Waals surface area contributed by atoms with Crippen LogP contribution in [0.4, 0.5) is 0 Å². The average Bonchev–Trinajstić information content (AvgIpc) is 2.42. The van der Waals surface area contributed by atoms with Crippen molar-refractivity contribution in [2.75, 3.05) is 6.54 Å². The molecule has 1 saturated heterocycles. The number of carbonyl (C=O) groups excluding carboxylic acids is 1. The van der Waals surface area contributed by atoms with Crippen LogP contribution in [0, 0.1) is 5.92 Å². The van der Waals surface area contributed by atoms with Crippen molar-refractivity contribution in [1.82, 2.24) is 4.90 Å². The lowest BCUT2D eigenvalue weighted by Crippen LogP contribution is -2.50. The first-order chi connectivity index (χ1) is 6.84. The minimum atomic E-state index is -0.317. The van der Waals surface area contributed by atoms with E-state index < -0.39 is 0 Å². The van der Waals surface area contributed by atoms with Crippen LogP contribution in [0.5, 0.6) is 0 Å². The highest BCUT2D eigenvalue weighted by Gasteiger charge is 2.37. The first-order valence-electron chi connectivity index (χ1n) is 5.91. The zero-order valence-electron chi connectivity index (χ0n) is 10.4. The summed E-state index contributed by atoms with van der Waals surface area (Å²) in [4.78, 5) is 14.1. The molecule has 1 amide bonds. The van der Waals surface area contributed by atoms with Crippen LogP contribution < -0.4 is 5.73 Å². The summed E-state index contributed by atoms with van der Waals surface area (Å²) in [5.41, 5.74) is 5.93. The lowest BCUT2D eigenvalue weighted by atomic mass is 9.99.